The van der Waals surface area contributed by atoms with Crippen LogP contribution < -0.4 is 11.1 Å². The molecule has 11 heavy (non-hydrogen) atoms. The summed E-state index contributed by atoms with van der Waals surface area (Å²) in [4.78, 5) is 10.8. The monoisotopic (exact) mass is 156 g/mol. The van der Waals surface area contributed by atoms with E-state index in [4.69, 9.17) is 5.73 Å². The van der Waals surface area contributed by atoms with Crippen molar-refractivity contribution in [3.05, 3.63) is 0 Å². The van der Waals surface area contributed by atoms with Crippen LogP contribution in [-0.4, -0.2) is 18.5 Å². The highest BCUT2D eigenvalue weighted by molar-refractivity contribution is 5.80. The van der Waals surface area contributed by atoms with Crippen LogP contribution in [0.25, 0.3) is 0 Å². The maximum absolute atomic E-state index is 10.8. The van der Waals surface area contributed by atoms with E-state index >= 15 is 0 Å². The van der Waals surface area contributed by atoms with Crippen LogP contribution >= 0.6 is 0 Å². The van der Waals surface area contributed by atoms with Gasteiger partial charge >= 0.3 is 0 Å². The molecule has 3 nitrogen and oxygen atoms in total. The molecule has 0 aromatic rings. The Hall–Kier alpha value is -0.570. The molecule has 3 N–H and O–H groups in total. The maximum atomic E-state index is 10.8. The largest absolute Gasteiger partial charge is 0.368 e. The number of nitrogens with one attached hydrogen (secondary N) is 1. The van der Waals surface area contributed by atoms with Gasteiger partial charge < -0.3 is 11.1 Å². The van der Waals surface area contributed by atoms with Gasteiger partial charge in [-0.05, 0) is 24.8 Å². The van der Waals surface area contributed by atoms with E-state index in [-0.39, 0.29) is 11.9 Å². The van der Waals surface area contributed by atoms with E-state index in [9.17, 15) is 4.79 Å². The lowest BCUT2D eigenvalue weighted by Gasteiger charge is -2.31. The van der Waals surface area contributed by atoms with Crippen molar-refractivity contribution in [1.29, 1.82) is 0 Å². The van der Waals surface area contributed by atoms with Gasteiger partial charge in [0.25, 0.3) is 0 Å². The van der Waals surface area contributed by atoms with Crippen LogP contribution in [0.1, 0.15) is 20.3 Å². The van der Waals surface area contributed by atoms with Gasteiger partial charge in [0.15, 0.2) is 0 Å². The van der Waals surface area contributed by atoms with E-state index in [0.29, 0.717) is 11.8 Å². The smallest absolute Gasteiger partial charge is 0.234 e. The predicted molar refractivity (Wildman–Crippen MR) is 43.9 cm³/mol. The van der Waals surface area contributed by atoms with Gasteiger partial charge in [-0.2, -0.15) is 0 Å². The number of hydrogen-bond donors (Lipinski definition) is 2. The average molecular weight is 156 g/mol. The zero-order valence-electron chi connectivity index (χ0n) is 7.13. The fourth-order valence-corrected chi connectivity index (χ4v) is 1.76. The van der Waals surface area contributed by atoms with Crippen molar-refractivity contribution in [2.45, 2.75) is 26.3 Å². The van der Waals surface area contributed by atoms with Crippen molar-refractivity contribution in [3.63, 3.8) is 0 Å². The molecule has 3 atom stereocenters. The molecule has 3 heteroatoms. The molecule has 64 valence electrons. The molecule has 0 aromatic heterocycles. The molecule has 1 heterocycles. The van der Waals surface area contributed by atoms with Crippen LogP contribution in [0.15, 0.2) is 0 Å². The topological polar surface area (TPSA) is 55.1 Å². The molecule has 1 amide bonds. The third kappa shape index (κ3) is 1.93. The highest BCUT2D eigenvalue weighted by atomic mass is 16.1. The van der Waals surface area contributed by atoms with Gasteiger partial charge in [-0.25, -0.2) is 0 Å². The molecule has 0 saturated carbocycles. The van der Waals surface area contributed by atoms with E-state index < -0.39 is 0 Å². The number of primary amides is 1. The standard InChI is InChI=1S/C8H16N2O/c1-5-3-6(2)7(8(9)11)10-4-5/h5-7,10H,3-4H2,1-2H3,(H2,9,11). The van der Waals surface area contributed by atoms with Crippen molar-refractivity contribution >= 4 is 5.91 Å². The number of rotatable bonds is 1. The lowest BCUT2D eigenvalue weighted by Crippen LogP contribution is -2.51. The second kappa shape index (κ2) is 3.22. The Kier molecular flexibility index (Phi) is 2.49. The Morgan fingerprint density at radius 2 is 2.18 bits per heavy atom. The number of amides is 1. The summed E-state index contributed by atoms with van der Waals surface area (Å²) in [6.07, 6.45) is 1.10. The van der Waals surface area contributed by atoms with Crippen molar-refractivity contribution in [1.82, 2.24) is 5.32 Å². The second-order valence-corrected chi connectivity index (χ2v) is 3.61. The van der Waals surface area contributed by atoms with Crippen molar-refractivity contribution < 1.29 is 4.79 Å². The lowest BCUT2D eigenvalue weighted by atomic mass is 9.86. The first kappa shape index (κ1) is 8.53. The Morgan fingerprint density at radius 1 is 1.55 bits per heavy atom. The van der Waals surface area contributed by atoms with E-state index in [2.05, 4.69) is 19.2 Å². The molecule has 1 fully saturated rings. The Bertz CT molecular complexity index is 158. The van der Waals surface area contributed by atoms with E-state index in [1.807, 2.05) is 0 Å². The molecule has 3 unspecified atom stereocenters. The fraction of sp³-hybridized carbons (Fsp3) is 0.875. The summed E-state index contributed by atoms with van der Waals surface area (Å²) in [5, 5.41) is 3.14. The lowest BCUT2D eigenvalue weighted by molar-refractivity contribution is -0.121. The number of carbonyl (C=O) groups excluding carboxylic acids is 1. The summed E-state index contributed by atoms with van der Waals surface area (Å²) < 4.78 is 0. The fourth-order valence-electron chi connectivity index (χ4n) is 1.76. The first-order chi connectivity index (χ1) is 5.11. The second-order valence-electron chi connectivity index (χ2n) is 3.61. The number of nitrogens with two attached hydrogens (primary N) is 1. The molecular weight excluding hydrogens is 140 g/mol. The average Bonchev–Trinajstić information content (AvgIpc) is 1.85. The van der Waals surface area contributed by atoms with Crippen molar-refractivity contribution in [3.8, 4) is 0 Å². The van der Waals surface area contributed by atoms with Crippen LogP contribution in [-0.2, 0) is 4.79 Å². The summed E-state index contributed by atoms with van der Waals surface area (Å²) in [6.45, 7) is 5.16. The third-order valence-corrected chi connectivity index (χ3v) is 2.34. The zero-order chi connectivity index (χ0) is 8.43. The minimum atomic E-state index is -0.218. The highest BCUT2D eigenvalue weighted by Crippen LogP contribution is 2.19. The van der Waals surface area contributed by atoms with Gasteiger partial charge in [-0.3, -0.25) is 4.79 Å². The maximum Gasteiger partial charge on any atom is 0.234 e. The Balaban J connectivity index is 2.50. The quantitative estimate of drug-likeness (QED) is 0.566. The molecule has 0 aromatic carbocycles. The summed E-state index contributed by atoms with van der Waals surface area (Å²) in [5.41, 5.74) is 5.20. The first-order valence-electron chi connectivity index (χ1n) is 4.14. The number of carbonyl (C=O) groups is 1. The summed E-state index contributed by atoms with van der Waals surface area (Å²) in [7, 11) is 0. The minimum Gasteiger partial charge on any atom is -0.368 e. The van der Waals surface area contributed by atoms with Crippen LogP contribution in [0.3, 0.4) is 0 Å². The van der Waals surface area contributed by atoms with Gasteiger partial charge in [-0.1, -0.05) is 13.8 Å². The molecule has 0 bridgehead atoms. The molecule has 0 spiro atoms. The molecule has 1 rings (SSSR count). The SMILES string of the molecule is CC1CNC(C(N)=O)C(C)C1. The summed E-state index contributed by atoms with van der Waals surface area (Å²) in [5.74, 6) is 0.834. The van der Waals surface area contributed by atoms with E-state index in [0.717, 1.165) is 13.0 Å². The van der Waals surface area contributed by atoms with Gasteiger partial charge in [0.05, 0.1) is 6.04 Å². The van der Waals surface area contributed by atoms with Crippen molar-refractivity contribution in [2.75, 3.05) is 6.54 Å². The third-order valence-electron chi connectivity index (χ3n) is 2.34. The van der Waals surface area contributed by atoms with Crippen molar-refractivity contribution in [2.24, 2.45) is 17.6 Å². The molecule has 1 aliphatic heterocycles. The molecule has 1 aliphatic rings. The van der Waals surface area contributed by atoms with Crippen LogP contribution in [0.5, 0.6) is 0 Å². The van der Waals surface area contributed by atoms with Gasteiger partial charge in [0.1, 0.15) is 0 Å². The van der Waals surface area contributed by atoms with Crippen LogP contribution in [0.4, 0.5) is 0 Å². The van der Waals surface area contributed by atoms with Crippen LogP contribution in [0, 0.1) is 11.8 Å². The Labute approximate surface area is 67.3 Å². The molecule has 1 saturated heterocycles. The Morgan fingerprint density at radius 3 is 2.64 bits per heavy atom. The van der Waals surface area contributed by atoms with E-state index in [1.54, 1.807) is 0 Å². The van der Waals surface area contributed by atoms with E-state index in [1.165, 1.54) is 0 Å². The van der Waals surface area contributed by atoms with Gasteiger partial charge in [-0.15, -0.1) is 0 Å². The molecule has 0 radical (unpaired) electrons. The van der Waals surface area contributed by atoms with Crippen LogP contribution in [0.2, 0.25) is 0 Å². The first-order valence-corrected chi connectivity index (χ1v) is 4.14. The minimum absolute atomic E-state index is 0.105. The zero-order valence-corrected chi connectivity index (χ0v) is 7.13. The number of hydrogen-bond acceptors (Lipinski definition) is 2. The summed E-state index contributed by atoms with van der Waals surface area (Å²) in [6, 6.07) is -0.105. The molecular formula is C8H16N2O. The summed E-state index contributed by atoms with van der Waals surface area (Å²) >= 11 is 0. The molecule has 0 aliphatic carbocycles. The highest BCUT2D eigenvalue weighted by Gasteiger charge is 2.28. The van der Waals surface area contributed by atoms with Gasteiger partial charge in [0.2, 0.25) is 5.91 Å². The number of piperidine rings is 1. The van der Waals surface area contributed by atoms with Gasteiger partial charge in [0, 0.05) is 0 Å². The predicted octanol–water partition coefficient (Wildman–Crippen LogP) is 0.106. The normalized spacial score (nSPS) is 38.5.